The summed E-state index contributed by atoms with van der Waals surface area (Å²) in [6.45, 7) is 1.53. The highest BCUT2D eigenvalue weighted by molar-refractivity contribution is 6.28. The van der Waals surface area contributed by atoms with Crippen LogP contribution >= 0.6 is 11.6 Å². The van der Waals surface area contributed by atoms with Gasteiger partial charge in [0.2, 0.25) is 0 Å². The van der Waals surface area contributed by atoms with Gasteiger partial charge in [0.25, 0.3) is 11.2 Å². The van der Waals surface area contributed by atoms with E-state index in [1.54, 1.807) is 0 Å². The number of nitrogens with one attached hydrogen (secondary N) is 1. The van der Waals surface area contributed by atoms with Gasteiger partial charge in [0, 0.05) is 30.2 Å². The molecule has 2 aromatic carbocycles. The fourth-order valence-electron chi connectivity index (χ4n) is 3.03. The second-order valence-electron chi connectivity index (χ2n) is 5.95. The lowest BCUT2D eigenvalue weighted by atomic mass is 10.1. The fourth-order valence-corrected chi connectivity index (χ4v) is 3.11. The molecule has 0 aliphatic rings. The standard InChI is InChI=1S/C19H17ClN6/c20-18-22-24-19(25-23-18)21-11-10-15-13-26(12-14-6-2-1-3-7-14)17-9-5-4-8-16(15)17/h1-9,13H,10-12H2,(H,21,24,25). The lowest BCUT2D eigenvalue weighted by molar-refractivity contribution is 0.824. The Labute approximate surface area is 155 Å². The molecule has 0 saturated heterocycles. The van der Waals surface area contributed by atoms with Crippen molar-refractivity contribution in [3.63, 3.8) is 0 Å². The molecule has 1 N–H and O–H groups in total. The minimum absolute atomic E-state index is 0.0412. The van der Waals surface area contributed by atoms with Gasteiger partial charge in [-0.1, -0.05) is 48.5 Å². The van der Waals surface area contributed by atoms with E-state index in [1.165, 1.54) is 22.0 Å². The molecule has 0 atom stereocenters. The van der Waals surface area contributed by atoms with Crippen LogP contribution in [0.5, 0.6) is 0 Å². The molecule has 0 fully saturated rings. The van der Waals surface area contributed by atoms with E-state index in [0.717, 1.165) is 13.0 Å². The topological polar surface area (TPSA) is 68.5 Å². The number of benzene rings is 2. The van der Waals surface area contributed by atoms with Crippen molar-refractivity contribution in [1.29, 1.82) is 0 Å². The molecule has 0 bridgehead atoms. The second-order valence-corrected chi connectivity index (χ2v) is 6.29. The first-order valence-electron chi connectivity index (χ1n) is 8.37. The predicted octanol–water partition coefficient (Wildman–Crippen LogP) is 3.58. The lowest BCUT2D eigenvalue weighted by Crippen LogP contribution is -2.09. The molecule has 6 nitrogen and oxygen atoms in total. The molecule has 0 amide bonds. The zero-order valence-corrected chi connectivity index (χ0v) is 14.8. The lowest BCUT2D eigenvalue weighted by Gasteiger charge is -2.05. The first-order chi connectivity index (χ1) is 12.8. The zero-order chi connectivity index (χ0) is 17.8. The number of nitrogens with zero attached hydrogens (tertiary/aromatic N) is 5. The van der Waals surface area contributed by atoms with Crippen molar-refractivity contribution in [2.24, 2.45) is 0 Å². The summed E-state index contributed by atoms with van der Waals surface area (Å²) in [5, 5.41) is 19.5. The summed E-state index contributed by atoms with van der Waals surface area (Å²) in [7, 11) is 0. The molecule has 4 rings (SSSR count). The molecule has 4 aromatic rings. The average molecular weight is 365 g/mol. The van der Waals surface area contributed by atoms with Gasteiger partial charge in [0.05, 0.1) is 0 Å². The maximum atomic E-state index is 5.60. The summed E-state index contributed by atoms with van der Waals surface area (Å²) < 4.78 is 2.29. The number of hydrogen-bond donors (Lipinski definition) is 1. The Kier molecular flexibility index (Phi) is 4.75. The van der Waals surface area contributed by atoms with Gasteiger partial charge in [-0.15, -0.1) is 20.4 Å². The van der Waals surface area contributed by atoms with Crippen LogP contribution in [0.3, 0.4) is 0 Å². The van der Waals surface area contributed by atoms with Crippen LogP contribution in [0.1, 0.15) is 11.1 Å². The Morgan fingerprint density at radius 2 is 1.62 bits per heavy atom. The summed E-state index contributed by atoms with van der Waals surface area (Å²) in [4.78, 5) is 0. The van der Waals surface area contributed by atoms with E-state index in [1.807, 2.05) is 6.07 Å². The summed E-state index contributed by atoms with van der Waals surface area (Å²) >= 11 is 5.60. The molecule has 130 valence electrons. The molecule has 2 heterocycles. The number of anilines is 1. The van der Waals surface area contributed by atoms with Crippen LogP contribution in [0.4, 0.5) is 5.95 Å². The summed E-state index contributed by atoms with van der Waals surface area (Å²) in [5.74, 6) is 0.377. The monoisotopic (exact) mass is 364 g/mol. The highest BCUT2D eigenvalue weighted by Gasteiger charge is 2.09. The smallest absolute Gasteiger partial charge is 0.263 e. The number of para-hydroxylation sites is 1. The molecular weight excluding hydrogens is 348 g/mol. The Bertz CT molecular complexity index is 998. The van der Waals surface area contributed by atoms with Crippen molar-refractivity contribution in [2.75, 3.05) is 11.9 Å². The molecule has 0 saturated carbocycles. The van der Waals surface area contributed by atoms with Crippen LogP contribution in [0.25, 0.3) is 10.9 Å². The van der Waals surface area contributed by atoms with Crippen LogP contribution in [0, 0.1) is 0 Å². The summed E-state index contributed by atoms with van der Waals surface area (Å²) in [5.41, 5.74) is 3.79. The zero-order valence-electron chi connectivity index (χ0n) is 14.0. The Balaban J connectivity index is 1.52. The second kappa shape index (κ2) is 7.49. The van der Waals surface area contributed by atoms with Gasteiger partial charge in [0.1, 0.15) is 0 Å². The van der Waals surface area contributed by atoms with Gasteiger partial charge in [-0.25, -0.2) is 0 Å². The van der Waals surface area contributed by atoms with Crippen molar-refractivity contribution >= 4 is 28.5 Å². The SMILES string of the molecule is Clc1nnc(NCCc2cn(Cc3ccccc3)c3ccccc23)nn1. The van der Waals surface area contributed by atoms with Gasteiger partial charge in [-0.05, 0) is 35.2 Å². The number of fused-ring (bicyclic) bond motifs is 1. The number of hydrogen-bond acceptors (Lipinski definition) is 5. The van der Waals surface area contributed by atoms with Gasteiger partial charge >= 0.3 is 0 Å². The quantitative estimate of drug-likeness (QED) is 0.566. The number of rotatable bonds is 6. The third-order valence-corrected chi connectivity index (χ3v) is 4.35. The molecule has 0 unspecified atom stereocenters. The van der Waals surface area contributed by atoms with Gasteiger partial charge in [-0.3, -0.25) is 0 Å². The van der Waals surface area contributed by atoms with Crippen LogP contribution in [-0.4, -0.2) is 31.5 Å². The third-order valence-electron chi connectivity index (χ3n) is 4.20. The van der Waals surface area contributed by atoms with E-state index in [4.69, 9.17) is 11.6 Å². The molecule has 0 aliphatic carbocycles. The number of aromatic nitrogens is 5. The Morgan fingerprint density at radius 1 is 0.885 bits per heavy atom. The first-order valence-corrected chi connectivity index (χ1v) is 8.75. The molecule has 0 radical (unpaired) electrons. The molecule has 0 aliphatic heterocycles. The van der Waals surface area contributed by atoms with Crippen LogP contribution < -0.4 is 5.32 Å². The van der Waals surface area contributed by atoms with E-state index in [2.05, 4.69) is 85.0 Å². The molecule has 7 heteroatoms. The Morgan fingerprint density at radius 3 is 2.42 bits per heavy atom. The average Bonchev–Trinajstić information content (AvgIpc) is 3.02. The predicted molar refractivity (Wildman–Crippen MR) is 102 cm³/mol. The van der Waals surface area contributed by atoms with Crippen molar-refractivity contribution in [2.45, 2.75) is 13.0 Å². The van der Waals surface area contributed by atoms with E-state index in [9.17, 15) is 0 Å². The van der Waals surface area contributed by atoms with Crippen LogP contribution in [-0.2, 0) is 13.0 Å². The summed E-state index contributed by atoms with van der Waals surface area (Å²) in [6, 6.07) is 18.9. The minimum atomic E-state index is 0.0412. The normalized spacial score (nSPS) is 11.0. The third kappa shape index (κ3) is 3.65. The first kappa shape index (κ1) is 16.5. The van der Waals surface area contributed by atoms with Crippen LogP contribution in [0.2, 0.25) is 5.28 Å². The van der Waals surface area contributed by atoms with E-state index < -0.39 is 0 Å². The molecule has 0 spiro atoms. The van der Waals surface area contributed by atoms with Crippen LogP contribution in [0.15, 0.2) is 60.8 Å². The maximum Gasteiger partial charge on any atom is 0.263 e. The van der Waals surface area contributed by atoms with Crippen molar-refractivity contribution in [3.8, 4) is 0 Å². The van der Waals surface area contributed by atoms with Crippen molar-refractivity contribution < 1.29 is 0 Å². The Hall–Kier alpha value is -2.99. The highest BCUT2D eigenvalue weighted by Crippen LogP contribution is 2.23. The van der Waals surface area contributed by atoms with E-state index >= 15 is 0 Å². The fraction of sp³-hybridized carbons (Fsp3) is 0.158. The van der Waals surface area contributed by atoms with Crippen molar-refractivity contribution in [3.05, 3.63) is 77.2 Å². The van der Waals surface area contributed by atoms with Gasteiger partial charge in [0.15, 0.2) is 0 Å². The molecule has 2 aromatic heterocycles. The van der Waals surface area contributed by atoms with Gasteiger partial charge in [-0.2, -0.15) is 0 Å². The highest BCUT2D eigenvalue weighted by atomic mass is 35.5. The van der Waals surface area contributed by atoms with E-state index in [-0.39, 0.29) is 5.28 Å². The summed E-state index contributed by atoms with van der Waals surface area (Å²) in [6.07, 6.45) is 3.06. The largest absolute Gasteiger partial charge is 0.351 e. The maximum absolute atomic E-state index is 5.60. The van der Waals surface area contributed by atoms with E-state index in [0.29, 0.717) is 12.5 Å². The van der Waals surface area contributed by atoms with Crippen molar-refractivity contribution in [1.82, 2.24) is 25.0 Å². The minimum Gasteiger partial charge on any atom is -0.351 e. The van der Waals surface area contributed by atoms with Gasteiger partial charge < -0.3 is 9.88 Å². The number of halogens is 1. The molecular formula is C19H17ClN6. The molecule has 26 heavy (non-hydrogen) atoms.